The lowest BCUT2D eigenvalue weighted by Gasteiger charge is -2.20. The third kappa shape index (κ3) is 4.20. The molecule has 2 aromatic rings. The molecule has 3 heteroatoms. The van der Waals surface area contributed by atoms with E-state index < -0.39 is 0 Å². The molecule has 0 aliphatic carbocycles. The maximum absolute atomic E-state index is 6.11. The average Bonchev–Trinajstić information content (AvgIpc) is 2.45. The van der Waals surface area contributed by atoms with E-state index in [0.717, 1.165) is 36.0 Å². The number of rotatable bonds is 7. The van der Waals surface area contributed by atoms with Gasteiger partial charge in [-0.2, -0.15) is 0 Å². The Hall–Kier alpha value is -1.61. The van der Waals surface area contributed by atoms with Crippen LogP contribution in [0.2, 0.25) is 0 Å². The summed E-state index contributed by atoms with van der Waals surface area (Å²) in [6.45, 7) is 7.38. The summed E-state index contributed by atoms with van der Waals surface area (Å²) in [5.41, 5.74) is 0.983. The van der Waals surface area contributed by atoms with Crippen molar-refractivity contribution in [1.82, 2.24) is 10.3 Å². The molecule has 0 saturated carbocycles. The molecule has 0 aliphatic heterocycles. The number of nitrogens with one attached hydrogen (secondary N) is 1. The van der Waals surface area contributed by atoms with E-state index in [2.05, 4.69) is 43.2 Å². The second kappa shape index (κ2) is 7.25. The summed E-state index contributed by atoms with van der Waals surface area (Å²) in [7, 11) is 0. The van der Waals surface area contributed by atoms with Crippen LogP contribution in [0.3, 0.4) is 0 Å². The average molecular weight is 272 g/mol. The maximum atomic E-state index is 6.11. The minimum Gasteiger partial charge on any atom is -0.489 e. The van der Waals surface area contributed by atoms with Crippen molar-refractivity contribution in [3.63, 3.8) is 0 Å². The standard InChI is InChI=1S/C17H24N2O/c1-4-6-16(12-19-13(2)3)20-15-9-8-14-7-5-10-18-17(14)11-15/h5,7-11,13,16,19H,4,6,12H2,1-3H3. The second-order valence-corrected chi connectivity index (χ2v) is 5.45. The van der Waals surface area contributed by atoms with Crippen LogP contribution in [-0.2, 0) is 0 Å². The molecular weight excluding hydrogens is 248 g/mol. The van der Waals surface area contributed by atoms with Crippen molar-refractivity contribution in [2.45, 2.75) is 45.8 Å². The lowest BCUT2D eigenvalue weighted by molar-refractivity contribution is 0.183. The number of fused-ring (bicyclic) bond motifs is 1. The first-order valence-corrected chi connectivity index (χ1v) is 7.44. The second-order valence-electron chi connectivity index (χ2n) is 5.45. The van der Waals surface area contributed by atoms with Gasteiger partial charge in [-0.15, -0.1) is 0 Å². The summed E-state index contributed by atoms with van der Waals surface area (Å²) < 4.78 is 6.11. The molecule has 0 spiro atoms. The number of ether oxygens (including phenoxy) is 1. The largest absolute Gasteiger partial charge is 0.489 e. The molecule has 108 valence electrons. The minimum absolute atomic E-state index is 0.212. The molecule has 1 aromatic carbocycles. The predicted molar refractivity (Wildman–Crippen MR) is 84.2 cm³/mol. The highest BCUT2D eigenvalue weighted by Crippen LogP contribution is 2.20. The SMILES string of the molecule is CCCC(CNC(C)C)Oc1ccc2cccnc2c1. The number of hydrogen-bond donors (Lipinski definition) is 1. The first kappa shape index (κ1) is 14.8. The number of benzene rings is 1. The highest BCUT2D eigenvalue weighted by atomic mass is 16.5. The zero-order valence-corrected chi connectivity index (χ0v) is 12.6. The summed E-state index contributed by atoms with van der Waals surface area (Å²) in [5.74, 6) is 0.903. The number of aromatic nitrogens is 1. The van der Waals surface area contributed by atoms with Crippen molar-refractivity contribution in [3.8, 4) is 5.75 Å². The van der Waals surface area contributed by atoms with Crippen molar-refractivity contribution >= 4 is 10.9 Å². The van der Waals surface area contributed by atoms with Gasteiger partial charge in [0.15, 0.2) is 0 Å². The van der Waals surface area contributed by atoms with Crippen LogP contribution >= 0.6 is 0 Å². The quantitative estimate of drug-likeness (QED) is 0.833. The van der Waals surface area contributed by atoms with Gasteiger partial charge in [0.05, 0.1) is 5.52 Å². The number of nitrogens with zero attached hydrogens (tertiary/aromatic N) is 1. The predicted octanol–water partition coefficient (Wildman–Crippen LogP) is 3.78. The van der Waals surface area contributed by atoms with Crippen LogP contribution in [0.25, 0.3) is 10.9 Å². The Morgan fingerprint density at radius 1 is 1.25 bits per heavy atom. The number of hydrogen-bond acceptors (Lipinski definition) is 3. The van der Waals surface area contributed by atoms with E-state index in [-0.39, 0.29) is 6.10 Å². The molecule has 1 N–H and O–H groups in total. The lowest BCUT2D eigenvalue weighted by atomic mass is 10.2. The highest BCUT2D eigenvalue weighted by molar-refractivity contribution is 5.79. The van der Waals surface area contributed by atoms with Gasteiger partial charge in [-0.05, 0) is 24.6 Å². The number of pyridine rings is 1. The van der Waals surface area contributed by atoms with Crippen LogP contribution < -0.4 is 10.1 Å². The van der Waals surface area contributed by atoms with Gasteiger partial charge in [0.25, 0.3) is 0 Å². The smallest absolute Gasteiger partial charge is 0.121 e. The normalized spacial score (nSPS) is 12.8. The van der Waals surface area contributed by atoms with Crippen LogP contribution in [-0.4, -0.2) is 23.7 Å². The van der Waals surface area contributed by atoms with Crippen molar-refractivity contribution in [2.24, 2.45) is 0 Å². The van der Waals surface area contributed by atoms with Crippen LogP contribution in [0.15, 0.2) is 36.5 Å². The fourth-order valence-electron chi connectivity index (χ4n) is 2.20. The molecule has 0 radical (unpaired) electrons. The molecule has 0 amide bonds. The summed E-state index contributed by atoms with van der Waals surface area (Å²) in [4.78, 5) is 4.37. The Labute approximate surface area is 121 Å². The van der Waals surface area contributed by atoms with Crippen molar-refractivity contribution in [3.05, 3.63) is 36.5 Å². The monoisotopic (exact) mass is 272 g/mol. The van der Waals surface area contributed by atoms with Crippen molar-refractivity contribution < 1.29 is 4.74 Å². The van der Waals surface area contributed by atoms with E-state index in [0.29, 0.717) is 6.04 Å². The Kier molecular flexibility index (Phi) is 5.36. The van der Waals surface area contributed by atoms with Gasteiger partial charge in [0.1, 0.15) is 11.9 Å². The van der Waals surface area contributed by atoms with E-state index in [1.807, 2.05) is 24.4 Å². The first-order chi connectivity index (χ1) is 9.69. The minimum atomic E-state index is 0.212. The molecule has 1 aromatic heterocycles. The molecule has 0 aliphatic rings. The van der Waals surface area contributed by atoms with Crippen LogP contribution in [0.5, 0.6) is 5.75 Å². The lowest BCUT2D eigenvalue weighted by Crippen LogP contribution is -2.35. The molecule has 2 rings (SSSR count). The van der Waals surface area contributed by atoms with E-state index in [1.165, 1.54) is 0 Å². The molecule has 1 atom stereocenters. The molecule has 0 bridgehead atoms. The van der Waals surface area contributed by atoms with Gasteiger partial charge in [0, 0.05) is 30.2 Å². The molecular formula is C17H24N2O. The Bertz CT molecular complexity index is 539. The third-order valence-electron chi connectivity index (χ3n) is 3.24. The molecule has 1 unspecified atom stereocenters. The topological polar surface area (TPSA) is 34.1 Å². The van der Waals surface area contributed by atoms with E-state index in [1.54, 1.807) is 0 Å². The zero-order chi connectivity index (χ0) is 14.4. The summed E-state index contributed by atoms with van der Waals surface area (Å²) in [5, 5.41) is 4.59. The Balaban J connectivity index is 2.07. The molecule has 20 heavy (non-hydrogen) atoms. The third-order valence-corrected chi connectivity index (χ3v) is 3.24. The van der Waals surface area contributed by atoms with Gasteiger partial charge >= 0.3 is 0 Å². The molecule has 0 saturated heterocycles. The van der Waals surface area contributed by atoms with Crippen LogP contribution in [0, 0.1) is 0 Å². The Morgan fingerprint density at radius 3 is 2.85 bits per heavy atom. The fourth-order valence-corrected chi connectivity index (χ4v) is 2.20. The van der Waals surface area contributed by atoms with Crippen molar-refractivity contribution in [1.29, 1.82) is 0 Å². The molecule has 3 nitrogen and oxygen atoms in total. The van der Waals surface area contributed by atoms with E-state index in [4.69, 9.17) is 4.74 Å². The first-order valence-electron chi connectivity index (χ1n) is 7.44. The zero-order valence-electron chi connectivity index (χ0n) is 12.6. The summed E-state index contributed by atoms with van der Waals surface area (Å²) >= 11 is 0. The fraction of sp³-hybridized carbons (Fsp3) is 0.471. The summed E-state index contributed by atoms with van der Waals surface area (Å²) in [6, 6.07) is 10.6. The van der Waals surface area contributed by atoms with Crippen LogP contribution in [0.1, 0.15) is 33.6 Å². The molecule has 1 heterocycles. The Morgan fingerprint density at radius 2 is 2.10 bits per heavy atom. The van der Waals surface area contributed by atoms with Gasteiger partial charge < -0.3 is 10.1 Å². The van der Waals surface area contributed by atoms with Gasteiger partial charge in [-0.1, -0.05) is 33.3 Å². The van der Waals surface area contributed by atoms with Gasteiger partial charge in [-0.3, -0.25) is 4.98 Å². The van der Waals surface area contributed by atoms with Gasteiger partial charge in [0.2, 0.25) is 0 Å². The van der Waals surface area contributed by atoms with E-state index >= 15 is 0 Å². The molecule has 0 fully saturated rings. The van der Waals surface area contributed by atoms with Crippen molar-refractivity contribution in [2.75, 3.05) is 6.54 Å². The summed E-state index contributed by atoms with van der Waals surface area (Å²) in [6.07, 6.45) is 4.20. The van der Waals surface area contributed by atoms with Gasteiger partial charge in [-0.25, -0.2) is 0 Å². The highest BCUT2D eigenvalue weighted by Gasteiger charge is 2.10. The maximum Gasteiger partial charge on any atom is 0.121 e. The van der Waals surface area contributed by atoms with E-state index in [9.17, 15) is 0 Å². The van der Waals surface area contributed by atoms with Crippen LogP contribution in [0.4, 0.5) is 0 Å².